The first-order valence-corrected chi connectivity index (χ1v) is 7.87. The van der Waals surface area contributed by atoms with Crippen LogP contribution in [0.15, 0.2) is 60.7 Å². The Bertz CT molecular complexity index is 527. The number of benzene rings is 2. The highest BCUT2D eigenvalue weighted by Crippen LogP contribution is 2.14. The van der Waals surface area contributed by atoms with Gasteiger partial charge in [-0.1, -0.05) is 60.7 Å². The lowest BCUT2D eigenvalue weighted by Crippen LogP contribution is -2.28. The maximum absolute atomic E-state index is 11.9. The highest BCUT2D eigenvalue weighted by atomic mass is 32.2. The predicted molar refractivity (Wildman–Crippen MR) is 85.6 cm³/mol. The maximum Gasteiger partial charge on any atom is 0.230 e. The first-order chi connectivity index (χ1) is 9.75. The van der Waals surface area contributed by atoms with E-state index in [1.807, 2.05) is 55.5 Å². The van der Waals surface area contributed by atoms with Crippen LogP contribution in [0.5, 0.6) is 0 Å². The van der Waals surface area contributed by atoms with Crippen LogP contribution >= 0.6 is 11.8 Å². The lowest BCUT2D eigenvalue weighted by molar-refractivity contribution is -0.119. The molecule has 2 rings (SSSR count). The molecule has 0 aliphatic heterocycles. The van der Waals surface area contributed by atoms with Gasteiger partial charge in [0.25, 0.3) is 0 Å². The van der Waals surface area contributed by atoms with Gasteiger partial charge in [-0.2, -0.15) is 0 Å². The molecule has 0 aliphatic carbocycles. The minimum Gasteiger partial charge on any atom is -0.349 e. The van der Waals surface area contributed by atoms with E-state index in [1.165, 1.54) is 5.56 Å². The largest absolute Gasteiger partial charge is 0.349 e. The van der Waals surface area contributed by atoms with Crippen molar-refractivity contribution in [3.05, 3.63) is 71.8 Å². The van der Waals surface area contributed by atoms with Crippen molar-refractivity contribution in [2.75, 3.05) is 5.75 Å². The zero-order valence-electron chi connectivity index (χ0n) is 11.6. The molecule has 0 saturated carbocycles. The molecule has 0 bridgehead atoms. The van der Waals surface area contributed by atoms with Crippen LogP contribution in [-0.2, 0) is 10.5 Å². The van der Waals surface area contributed by atoms with Crippen molar-refractivity contribution < 1.29 is 4.79 Å². The van der Waals surface area contributed by atoms with E-state index in [2.05, 4.69) is 17.4 Å². The summed E-state index contributed by atoms with van der Waals surface area (Å²) in [5, 5.41) is 3.02. The Hall–Kier alpha value is -1.74. The Morgan fingerprint density at radius 3 is 2.30 bits per heavy atom. The number of hydrogen-bond donors (Lipinski definition) is 1. The normalized spacial score (nSPS) is 11.8. The maximum atomic E-state index is 11.9. The fraction of sp³-hybridized carbons (Fsp3) is 0.235. The van der Waals surface area contributed by atoms with E-state index in [1.54, 1.807) is 11.8 Å². The van der Waals surface area contributed by atoms with Gasteiger partial charge in [0, 0.05) is 5.75 Å². The number of carbonyl (C=O) groups excluding carboxylic acids is 1. The van der Waals surface area contributed by atoms with Crippen molar-refractivity contribution in [3.63, 3.8) is 0 Å². The molecule has 0 heterocycles. The van der Waals surface area contributed by atoms with Crippen LogP contribution in [0.3, 0.4) is 0 Å². The van der Waals surface area contributed by atoms with Crippen LogP contribution < -0.4 is 5.32 Å². The molecule has 2 nitrogen and oxygen atoms in total. The smallest absolute Gasteiger partial charge is 0.230 e. The Morgan fingerprint density at radius 1 is 1.05 bits per heavy atom. The van der Waals surface area contributed by atoms with Crippen LogP contribution in [0.25, 0.3) is 0 Å². The van der Waals surface area contributed by atoms with Crippen molar-refractivity contribution in [1.29, 1.82) is 0 Å². The molecular weight excluding hydrogens is 266 g/mol. The lowest BCUT2D eigenvalue weighted by Gasteiger charge is -2.14. The highest BCUT2D eigenvalue weighted by Gasteiger charge is 2.08. The van der Waals surface area contributed by atoms with Gasteiger partial charge in [-0.15, -0.1) is 11.8 Å². The molecule has 0 aliphatic rings. The lowest BCUT2D eigenvalue weighted by atomic mass is 10.1. The molecule has 0 spiro atoms. The fourth-order valence-electron chi connectivity index (χ4n) is 1.94. The van der Waals surface area contributed by atoms with E-state index < -0.39 is 0 Å². The second-order valence-corrected chi connectivity index (χ2v) is 5.66. The SMILES string of the molecule is C[C@H](NC(=O)CSCc1ccccc1)c1ccccc1. The molecule has 1 amide bonds. The molecule has 0 aromatic heterocycles. The molecule has 0 saturated heterocycles. The van der Waals surface area contributed by atoms with Gasteiger partial charge in [-0.3, -0.25) is 4.79 Å². The van der Waals surface area contributed by atoms with Gasteiger partial charge in [0.1, 0.15) is 0 Å². The topological polar surface area (TPSA) is 29.1 Å². The molecule has 0 unspecified atom stereocenters. The summed E-state index contributed by atoms with van der Waals surface area (Å²) < 4.78 is 0. The Balaban J connectivity index is 1.73. The zero-order chi connectivity index (χ0) is 14.2. The van der Waals surface area contributed by atoms with Crippen molar-refractivity contribution >= 4 is 17.7 Å². The summed E-state index contributed by atoms with van der Waals surface area (Å²) >= 11 is 1.64. The molecule has 0 fully saturated rings. The number of rotatable bonds is 6. The third-order valence-electron chi connectivity index (χ3n) is 3.02. The van der Waals surface area contributed by atoms with Gasteiger partial charge in [0.05, 0.1) is 11.8 Å². The minimum absolute atomic E-state index is 0.0565. The predicted octanol–water partition coefficient (Wildman–Crippen LogP) is 3.80. The number of carbonyl (C=O) groups is 1. The summed E-state index contributed by atoms with van der Waals surface area (Å²) in [6, 6.07) is 20.3. The van der Waals surface area contributed by atoms with Gasteiger partial charge in [-0.05, 0) is 18.1 Å². The first kappa shape index (κ1) is 14.7. The van der Waals surface area contributed by atoms with E-state index in [9.17, 15) is 4.79 Å². The Kier molecular flexibility index (Phi) is 5.69. The van der Waals surface area contributed by atoms with Gasteiger partial charge in [-0.25, -0.2) is 0 Å². The summed E-state index contributed by atoms with van der Waals surface area (Å²) in [7, 11) is 0. The second kappa shape index (κ2) is 7.75. The van der Waals surface area contributed by atoms with Crippen LogP contribution in [-0.4, -0.2) is 11.7 Å². The molecule has 104 valence electrons. The van der Waals surface area contributed by atoms with Crippen molar-refractivity contribution in [2.24, 2.45) is 0 Å². The van der Waals surface area contributed by atoms with E-state index in [4.69, 9.17) is 0 Å². The van der Waals surface area contributed by atoms with Crippen LogP contribution in [0.1, 0.15) is 24.1 Å². The molecule has 2 aromatic carbocycles. The number of thioether (sulfide) groups is 1. The summed E-state index contributed by atoms with van der Waals surface area (Å²) in [4.78, 5) is 11.9. The van der Waals surface area contributed by atoms with Crippen molar-refractivity contribution in [3.8, 4) is 0 Å². The standard InChI is InChI=1S/C17H19NOS/c1-14(16-10-6-3-7-11-16)18-17(19)13-20-12-15-8-4-2-5-9-15/h2-11,14H,12-13H2,1H3,(H,18,19)/t14-/m0/s1. The molecule has 20 heavy (non-hydrogen) atoms. The molecule has 3 heteroatoms. The molecular formula is C17H19NOS. The number of amides is 1. The van der Waals surface area contributed by atoms with Gasteiger partial charge in [0.2, 0.25) is 5.91 Å². The summed E-state index contributed by atoms with van der Waals surface area (Å²) in [6.07, 6.45) is 0. The summed E-state index contributed by atoms with van der Waals surface area (Å²) in [5.74, 6) is 1.45. The van der Waals surface area contributed by atoms with Gasteiger partial charge in [0.15, 0.2) is 0 Å². The van der Waals surface area contributed by atoms with E-state index >= 15 is 0 Å². The average Bonchev–Trinajstić information content (AvgIpc) is 2.49. The summed E-state index contributed by atoms with van der Waals surface area (Å²) in [5.41, 5.74) is 2.38. The Morgan fingerprint density at radius 2 is 1.65 bits per heavy atom. The highest BCUT2D eigenvalue weighted by molar-refractivity contribution is 7.99. The fourth-order valence-corrected chi connectivity index (χ4v) is 2.74. The number of hydrogen-bond acceptors (Lipinski definition) is 2. The van der Waals surface area contributed by atoms with Gasteiger partial charge >= 0.3 is 0 Å². The van der Waals surface area contributed by atoms with Crippen molar-refractivity contribution in [1.82, 2.24) is 5.32 Å². The minimum atomic E-state index is 0.0565. The molecule has 1 atom stereocenters. The van der Waals surface area contributed by atoms with E-state index in [-0.39, 0.29) is 11.9 Å². The van der Waals surface area contributed by atoms with Crippen molar-refractivity contribution in [2.45, 2.75) is 18.7 Å². The first-order valence-electron chi connectivity index (χ1n) is 6.71. The Labute approximate surface area is 124 Å². The molecule has 0 radical (unpaired) electrons. The van der Waals surface area contributed by atoms with E-state index in [0.717, 1.165) is 11.3 Å². The zero-order valence-corrected chi connectivity index (χ0v) is 12.4. The van der Waals surface area contributed by atoms with Crippen LogP contribution in [0, 0.1) is 0 Å². The van der Waals surface area contributed by atoms with E-state index in [0.29, 0.717) is 5.75 Å². The summed E-state index contributed by atoms with van der Waals surface area (Å²) in [6.45, 7) is 2.01. The average molecular weight is 285 g/mol. The molecule has 2 aromatic rings. The molecule has 1 N–H and O–H groups in total. The third-order valence-corrected chi connectivity index (χ3v) is 4.03. The monoisotopic (exact) mass is 285 g/mol. The number of nitrogens with one attached hydrogen (secondary N) is 1. The third kappa shape index (κ3) is 4.74. The van der Waals surface area contributed by atoms with Crippen LogP contribution in [0.2, 0.25) is 0 Å². The van der Waals surface area contributed by atoms with Crippen LogP contribution in [0.4, 0.5) is 0 Å². The van der Waals surface area contributed by atoms with Gasteiger partial charge < -0.3 is 5.32 Å². The quantitative estimate of drug-likeness (QED) is 0.874. The second-order valence-electron chi connectivity index (χ2n) is 4.68.